The van der Waals surface area contributed by atoms with E-state index in [4.69, 9.17) is 5.11 Å². The van der Waals surface area contributed by atoms with Crippen molar-refractivity contribution in [2.45, 2.75) is 19.3 Å². The molecule has 0 atom stereocenters. The lowest BCUT2D eigenvalue weighted by Gasteiger charge is -2.07. The Morgan fingerprint density at radius 1 is 0.846 bits per heavy atom. The first-order valence-corrected chi connectivity index (χ1v) is 8.58. The fraction of sp³-hybridized carbons (Fsp3) is 0.182. The van der Waals surface area contributed by atoms with E-state index in [0.29, 0.717) is 17.0 Å². The van der Waals surface area contributed by atoms with Gasteiger partial charge in [-0.1, -0.05) is 54.6 Å². The van der Waals surface area contributed by atoms with Gasteiger partial charge in [-0.3, -0.25) is 9.59 Å². The molecule has 0 saturated heterocycles. The Bertz CT molecular complexity index is 908. The monoisotopic (exact) mass is 347 g/mol. The quantitative estimate of drug-likeness (QED) is 0.664. The largest absolute Gasteiger partial charge is 0.481 e. The van der Waals surface area contributed by atoms with Gasteiger partial charge in [0.2, 0.25) is 5.78 Å². The molecule has 4 nitrogen and oxygen atoms in total. The molecule has 0 fully saturated rings. The average molecular weight is 347 g/mol. The van der Waals surface area contributed by atoms with Crippen LogP contribution in [0.1, 0.15) is 32.9 Å². The second-order valence-electron chi connectivity index (χ2n) is 6.35. The lowest BCUT2D eigenvalue weighted by molar-refractivity contribution is -0.136. The molecule has 0 amide bonds. The van der Waals surface area contributed by atoms with E-state index >= 15 is 0 Å². The van der Waals surface area contributed by atoms with E-state index in [1.165, 1.54) is 11.1 Å². The van der Waals surface area contributed by atoms with E-state index < -0.39 is 5.97 Å². The number of ketones is 1. The summed E-state index contributed by atoms with van der Waals surface area (Å²) >= 11 is 0. The molecule has 3 rings (SSSR count). The number of benzene rings is 2. The Labute approximate surface area is 152 Å². The maximum atomic E-state index is 12.7. The Hall–Kier alpha value is -3.14. The lowest BCUT2D eigenvalue weighted by atomic mass is 10.0. The minimum Gasteiger partial charge on any atom is -0.481 e. The van der Waals surface area contributed by atoms with Crippen LogP contribution in [0.25, 0.3) is 0 Å². The van der Waals surface area contributed by atoms with Gasteiger partial charge >= 0.3 is 5.97 Å². The number of hydrogen-bond donors (Lipinski definition) is 1. The van der Waals surface area contributed by atoms with Crippen molar-refractivity contribution in [2.75, 3.05) is 0 Å². The molecule has 1 aromatic heterocycles. The number of carbonyl (C=O) groups is 2. The van der Waals surface area contributed by atoms with Crippen molar-refractivity contribution in [3.8, 4) is 0 Å². The normalized spacial score (nSPS) is 10.7. The first-order valence-electron chi connectivity index (χ1n) is 8.58. The summed E-state index contributed by atoms with van der Waals surface area (Å²) in [6, 6.07) is 21.3. The van der Waals surface area contributed by atoms with Crippen LogP contribution in [-0.4, -0.2) is 21.4 Å². The van der Waals surface area contributed by atoms with Gasteiger partial charge in [0.25, 0.3) is 0 Å². The molecule has 3 aromatic rings. The predicted molar refractivity (Wildman–Crippen MR) is 100 cm³/mol. The molecule has 26 heavy (non-hydrogen) atoms. The predicted octanol–water partition coefficient (Wildman–Crippen LogP) is 3.67. The van der Waals surface area contributed by atoms with Gasteiger partial charge in [-0.15, -0.1) is 0 Å². The van der Waals surface area contributed by atoms with Gasteiger partial charge in [0.1, 0.15) is 0 Å². The molecule has 0 unspecified atom stereocenters. The van der Waals surface area contributed by atoms with Crippen LogP contribution in [0.5, 0.6) is 0 Å². The topological polar surface area (TPSA) is 59.3 Å². The third-order valence-electron chi connectivity index (χ3n) is 4.55. The van der Waals surface area contributed by atoms with Crippen LogP contribution >= 0.6 is 0 Å². The Morgan fingerprint density at radius 3 is 2.08 bits per heavy atom. The zero-order chi connectivity index (χ0) is 18.5. The van der Waals surface area contributed by atoms with Gasteiger partial charge in [-0.05, 0) is 36.1 Å². The molecule has 1 N–H and O–H groups in total. The molecule has 0 saturated carbocycles. The number of hydrogen-bond acceptors (Lipinski definition) is 2. The van der Waals surface area contributed by atoms with Crippen LogP contribution in [0.4, 0.5) is 0 Å². The van der Waals surface area contributed by atoms with E-state index in [9.17, 15) is 9.59 Å². The highest BCUT2D eigenvalue weighted by Crippen LogP contribution is 2.15. The van der Waals surface area contributed by atoms with E-state index in [0.717, 1.165) is 12.8 Å². The third kappa shape index (κ3) is 4.09. The Morgan fingerprint density at radius 2 is 1.46 bits per heavy atom. The summed E-state index contributed by atoms with van der Waals surface area (Å²) in [7, 11) is 1.72. The second-order valence-corrected chi connectivity index (χ2v) is 6.35. The van der Waals surface area contributed by atoms with E-state index in [1.54, 1.807) is 23.7 Å². The van der Waals surface area contributed by atoms with Crippen LogP contribution in [-0.2, 0) is 31.1 Å². The third-order valence-corrected chi connectivity index (χ3v) is 4.55. The molecule has 0 aliphatic rings. The van der Waals surface area contributed by atoms with Crippen LogP contribution in [0.2, 0.25) is 0 Å². The molecule has 4 heteroatoms. The molecular weight excluding hydrogens is 326 g/mol. The van der Waals surface area contributed by atoms with Crippen LogP contribution in [0.15, 0.2) is 66.7 Å². The van der Waals surface area contributed by atoms with Crippen molar-refractivity contribution in [2.24, 2.45) is 7.05 Å². The molecule has 0 spiro atoms. The number of aryl methyl sites for hydroxylation is 2. The van der Waals surface area contributed by atoms with Crippen molar-refractivity contribution in [1.29, 1.82) is 0 Å². The highest BCUT2D eigenvalue weighted by molar-refractivity contribution is 6.08. The Balaban J connectivity index is 1.69. The van der Waals surface area contributed by atoms with Crippen molar-refractivity contribution in [3.05, 3.63) is 94.8 Å². The molecule has 0 aliphatic heterocycles. The second kappa shape index (κ2) is 7.83. The highest BCUT2D eigenvalue weighted by Gasteiger charge is 2.16. The number of aromatic nitrogens is 1. The highest BCUT2D eigenvalue weighted by atomic mass is 16.4. The van der Waals surface area contributed by atoms with Crippen LogP contribution < -0.4 is 0 Å². The van der Waals surface area contributed by atoms with Gasteiger partial charge in [-0.2, -0.15) is 0 Å². The number of aliphatic carboxylic acids is 1. The molecule has 0 aliphatic carbocycles. The zero-order valence-corrected chi connectivity index (χ0v) is 14.7. The van der Waals surface area contributed by atoms with Crippen molar-refractivity contribution < 1.29 is 14.7 Å². The number of carboxylic acids is 1. The van der Waals surface area contributed by atoms with Gasteiger partial charge < -0.3 is 9.67 Å². The number of rotatable bonds is 7. The van der Waals surface area contributed by atoms with Gasteiger partial charge in [0.15, 0.2) is 0 Å². The zero-order valence-electron chi connectivity index (χ0n) is 14.7. The summed E-state index contributed by atoms with van der Waals surface area (Å²) in [5, 5.41) is 8.92. The fourth-order valence-corrected chi connectivity index (χ4v) is 3.02. The molecule has 0 radical (unpaired) electrons. The molecule has 132 valence electrons. The summed E-state index contributed by atoms with van der Waals surface area (Å²) in [6.45, 7) is 0. The van der Waals surface area contributed by atoms with Crippen LogP contribution in [0.3, 0.4) is 0 Å². The average Bonchev–Trinajstić information content (AvgIpc) is 3.00. The first kappa shape index (κ1) is 17.7. The number of carboxylic acid groups (broad SMARTS) is 1. The van der Waals surface area contributed by atoms with E-state index in [2.05, 4.69) is 12.1 Å². The first-order chi connectivity index (χ1) is 12.5. The van der Waals surface area contributed by atoms with Gasteiger partial charge in [0, 0.05) is 18.3 Å². The minimum absolute atomic E-state index is 0.0950. The molecular formula is C22H21NO3. The lowest BCUT2D eigenvalue weighted by Crippen LogP contribution is -2.11. The number of carbonyl (C=O) groups excluding carboxylic acids is 1. The van der Waals surface area contributed by atoms with Crippen molar-refractivity contribution >= 4 is 11.8 Å². The standard InChI is InChI=1S/C22H21NO3/c1-23-19(15-21(24)25)13-14-20(23)22(26)18-11-9-17(10-12-18)8-7-16-5-3-2-4-6-16/h2-6,9-14H,7-8,15H2,1H3,(H,24,25). The molecule has 0 bridgehead atoms. The summed E-state index contributed by atoms with van der Waals surface area (Å²) in [4.78, 5) is 23.6. The SMILES string of the molecule is Cn1c(CC(=O)O)ccc1C(=O)c1ccc(CCc2ccccc2)cc1. The maximum absolute atomic E-state index is 12.7. The smallest absolute Gasteiger partial charge is 0.309 e. The van der Waals surface area contributed by atoms with E-state index in [1.807, 2.05) is 42.5 Å². The summed E-state index contributed by atoms with van der Waals surface area (Å²) in [5.41, 5.74) is 4.20. The molecule has 2 aromatic carbocycles. The molecule has 1 heterocycles. The Kier molecular flexibility index (Phi) is 5.32. The van der Waals surface area contributed by atoms with Crippen molar-refractivity contribution in [3.63, 3.8) is 0 Å². The summed E-state index contributed by atoms with van der Waals surface area (Å²) in [5.74, 6) is -1.01. The van der Waals surface area contributed by atoms with Gasteiger partial charge in [-0.25, -0.2) is 0 Å². The van der Waals surface area contributed by atoms with E-state index in [-0.39, 0.29) is 12.2 Å². The maximum Gasteiger partial charge on any atom is 0.309 e. The van der Waals surface area contributed by atoms with Gasteiger partial charge in [0.05, 0.1) is 12.1 Å². The summed E-state index contributed by atoms with van der Waals surface area (Å²) < 4.78 is 1.65. The fourth-order valence-electron chi connectivity index (χ4n) is 3.02. The summed E-state index contributed by atoms with van der Waals surface area (Å²) in [6.07, 6.45) is 1.79. The van der Waals surface area contributed by atoms with Crippen molar-refractivity contribution in [1.82, 2.24) is 4.57 Å². The minimum atomic E-state index is -0.909. The number of nitrogens with zero attached hydrogens (tertiary/aromatic N) is 1. The van der Waals surface area contributed by atoms with Crippen LogP contribution in [0, 0.1) is 0 Å².